The molecule has 1 atom stereocenters. The fraction of sp³-hybridized carbons (Fsp3) is 0.571. The van der Waals surface area contributed by atoms with Gasteiger partial charge in [-0.25, -0.2) is 8.42 Å². The summed E-state index contributed by atoms with van der Waals surface area (Å²) in [6.45, 7) is 7.64. The maximum absolute atomic E-state index is 12.5. The third kappa shape index (κ3) is 3.94. The molecular weight excluding hydrogens is 262 g/mol. The zero-order valence-electron chi connectivity index (χ0n) is 12.2. The van der Waals surface area contributed by atoms with Gasteiger partial charge in [-0.05, 0) is 30.0 Å². The van der Waals surface area contributed by atoms with Crippen LogP contribution in [0.15, 0.2) is 23.1 Å². The highest BCUT2D eigenvalue weighted by Gasteiger charge is 2.29. The van der Waals surface area contributed by atoms with Crippen LogP contribution in [-0.2, 0) is 9.84 Å². The van der Waals surface area contributed by atoms with E-state index in [1.54, 1.807) is 12.1 Å². The number of hydrogen-bond acceptors (Lipinski definition) is 4. The topological polar surface area (TPSA) is 69.4 Å². The fourth-order valence-corrected chi connectivity index (χ4v) is 3.58. The monoisotopic (exact) mass is 285 g/mol. The second-order valence-corrected chi connectivity index (χ2v) is 7.91. The molecule has 0 radical (unpaired) electrons. The number of sulfone groups is 1. The fourth-order valence-electron chi connectivity index (χ4n) is 1.60. The summed E-state index contributed by atoms with van der Waals surface area (Å²) in [5, 5.41) is 0. The van der Waals surface area contributed by atoms with Crippen molar-refractivity contribution in [2.75, 3.05) is 12.9 Å². The molecule has 1 rings (SSSR count). The van der Waals surface area contributed by atoms with Crippen LogP contribution in [0.5, 0.6) is 5.75 Å². The Hall–Kier alpha value is -1.07. The molecule has 1 aromatic rings. The largest absolute Gasteiger partial charge is 0.495 e. The first-order valence-corrected chi connectivity index (χ1v) is 7.86. The molecule has 0 spiro atoms. The first kappa shape index (κ1) is 16.0. The molecule has 0 heterocycles. The third-order valence-corrected chi connectivity index (χ3v) is 4.95. The van der Waals surface area contributed by atoms with Crippen molar-refractivity contribution in [2.24, 2.45) is 11.1 Å². The molecule has 0 aliphatic rings. The average molecular weight is 285 g/mol. The van der Waals surface area contributed by atoms with Crippen LogP contribution >= 0.6 is 0 Å². The standard InChI is InChI=1S/C14H23NO3S/c1-10-6-7-11(18-5)12(8-10)19(16,17)9-13(15)14(2,3)4/h6-8,13H,9,15H2,1-5H3. The van der Waals surface area contributed by atoms with Crippen LogP contribution in [0.4, 0.5) is 0 Å². The van der Waals surface area contributed by atoms with Crippen molar-refractivity contribution >= 4 is 9.84 Å². The number of hydrogen-bond donors (Lipinski definition) is 1. The second-order valence-electron chi connectivity index (χ2n) is 5.91. The van der Waals surface area contributed by atoms with Crippen LogP contribution in [0, 0.1) is 12.3 Å². The molecule has 0 saturated carbocycles. The van der Waals surface area contributed by atoms with Crippen molar-refractivity contribution in [3.63, 3.8) is 0 Å². The van der Waals surface area contributed by atoms with Crippen molar-refractivity contribution in [3.8, 4) is 5.75 Å². The minimum absolute atomic E-state index is 0.0870. The maximum atomic E-state index is 12.5. The van der Waals surface area contributed by atoms with Crippen LogP contribution in [0.3, 0.4) is 0 Å². The highest BCUT2D eigenvalue weighted by atomic mass is 32.2. The number of ether oxygens (including phenoxy) is 1. The molecule has 1 aromatic carbocycles. The Balaban J connectivity index is 3.17. The summed E-state index contributed by atoms with van der Waals surface area (Å²) in [5.41, 5.74) is 6.60. The quantitative estimate of drug-likeness (QED) is 0.920. The molecule has 0 fully saturated rings. The van der Waals surface area contributed by atoms with Crippen molar-refractivity contribution < 1.29 is 13.2 Å². The maximum Gasteiger partial charge on any atom is 0.183 e. The minimum atomic E-state index is -3.46. The summed E-state index contributed by atoms with van der Waals surface area (Å²) in [6, 6.07) is 4.69. The van der Waals surface area contributed by atoms with Crippen LogP contribution in [0.25, 0.3) is 0 Å². The van der Waals surface area contributed by atoms with Gasteiger partial charge in [-0.1, -0.05) is 26.8 Å². The van der Waals surface area contributed by atoms with Gasteiger partial charge in [0.15, 0.2) is 9.84 Å². The van der Waals surface area contributed by atoms with Crippen LogP contribution in [-0.4, -0.2) is 27.3 Å². The number of methoxy groups -OCH3 is 1. The zero-order chi connectivity index (χ0) is 14.8. The van der Waals surface area contributed by atoms with Gasteiger partial charge in [-0.3, -0.25) is 0 Å². The highest BCUT2D eigenvalue weighted by molar-refractivity contribution is 7.91. The van der Waals surface area contributed by atoms with Gasteiger partial charge in [0.05, 0.1) is 12.9 Å². The Morgan fingerprint density at radius 1 is 1.32 bits per heavy atom. The molecule has 4 nitrogen and oxygen atoms in total. The smallest absolute Gasteiger partial charge is 0.183 e. The van der Waals surface area contributed by atoms with Gasteiger partial charge < -0.3 is 10.5 Å². The Bertz CT molecular complexity index is 544. The van der Waals surface area contributed by atoms with Crippen molar-refractivity contribution in [3.05, 3.63) is 23.8 Å². The molecule has 2 N–H and O–H groups in total. The van der Waals surface area contributed by atoms with E-state index in [9.17, 15) is 8.42 Å². The average Bonchev–Trinajstić information content (AvgIpc) is 2.27. The number of nitrogens with two attached hydrogens (primary N) is 1. The molecular formula is C14H23NO3S. The van der Waals surface area contributed by atoms with Gasteiger partial charge >= 0.3 is 0 Å². The lowest BCUT2D eigenvalue weighted by Gasteiger charge is -2.27. The van der Waals surface area contributed by atoms with E-state index in [2.05, 4.69) is 0 Å². The molecule has 0 aliphatic carbocycles. The Kier molecular flexibility index (Phi) is 4.63. The summed E-state index contributed by atoms with van der Waals surface area (Å²) < 4.78 is 30.1. The Labute approximate surface area is 115 Å². The van der Waals surface area contributed by atoms with E-state index < -0.39 is 15.9 Å². The van der Waals surface area contributed by atoms with Crippen LogP contribution < -0.4 is 10.5 Å². The Morgan fingerprint density at radius 3 is 2.37 bits per heavy atom. The van der Waals surface area contributed by atoms with Gasteiger partial charge in [-0.15, -0.1) is 0 Å². The lowest BCUT2D eigenvalue weighted by Crippen LogP contribution is -2.41. The second kappa shape index (κ2) is 5.51. The van der Waals surface area contributed by atoms with Crippen LogP contribution in [0.1, 0.15) is 26.3 Å². The summed E-state index contributed by atoms with van der Waals surface area (Å²) in [4.78, 5) is 0.217. The lowest BCUT2D eigenvalue weighted by atomic mass is 9.89. The van der Waals surface area contributed by atoms with E-state index in [1.165, 1.54) is 7.11 Å². The molecule has 1 unspecified atom stereocenters. The first-order chi connectivity index (χ1) is 8.58. The molecule has 19 heavy (non-hydrogen) atoms. The minimum Gasteiger partial charge on any atom is -0.495 e. The molecule has 5 heteroatoms. The molecule has 0 amide bonds. The third-order valence-electron chi connectivity index (χ3n) is 3.17. The molecule has 0 aromatic heterocycles. The molecule has 0 saturated heterocycles. The summed E-state index contributed by atoms with van der Waals surface area (Å²) in [7, 11) is -1.99. The van der Waals surface area contributed by atoms with E-state index in [0.717, 1.165) is 5.56 Å². The van der Waals surface area contributed by atoms with Gasteiger partial charge in [-0.2, -0.15) is 0 Å². The lowest BCUT2D eigenvalue weighted by molar-refractivity contribution is 0.340. The van der Waals surface area contributed by atoms with E-state index in [4.69, 9.17) is 10.5 Å². The van der Waals surface area contributed by atoms with Gasteiger partial charge in [0.2, 0.25) is 0 Å². The van der Waals surface area contributed by atoms with Gasteiger partial charge in [0.25, 0.3) is 0 Å². The summed E-state index contributed by atoms with van der Waals surface area (Å²) in [5.74, 6) is 0.280. The van der Waals surface area contributed by atoms with Crippen molar-refractivity contribution in [1.29, 1.82) is 0 Å². The van der Waals surface area contributed by atoms with Crippen molar-refractivity contribution in [1.82, 2.24) is 0 Å². The summed E-state index contributed by atoms with van der Waals surface area (Å²) in [6.07, 6.45) is 0. The molecule has 0 bridgehead atoms. The Morgan fingerprint density at radius 2 is 1.89 bits per heavy atom. The van der Waals surface area contributed by atoms with E-state index in [1.807, 2.05) is 33.8 Å². The van der Waals surface area contributed by atoms with E-state index in [0.29, 0.717) is 5.75 Å². The number of benzene rings is 1. The van der Waals surface area contributed by atoms with E-state index >= 15 is 0 Å². The number of rotatable bonds is 4. The van der Waals surface area contributed by atoms with Gasteiger partial charge in [0.1, 0.15) is 10.6 Å². The van der Waals surface area contributed by atoms with Crippen molar-refractivity contribution in [2.45, 2.75) is 38.6 Å². The predicted octanol–water partition coefficient (Wildman–Crippen LogP) is 2.15. The normalized spacial score (nSPS) is 14.2. The molecule has 108 valence electrons. The summed E-state index contributed by atoms with van der Waals surface area (Å²) >= 11 is 0. The highest BCUT2D eigenvalue weighted by Crippen LogP contribution is 2.28. The zero-order valence-corrected chi connectivity index (χ0v) is 13.0. The molecule has 0 aliphatic heterocycles. The first-order valence-electron chi connectivity index (χ1n) is 6.21. The predicted molar refractivity (Wildman–Crippen MR) is 77.2 cm³/mol. The number of aryl methyl sites for hydroxylation is 1. The SMILES string of the molecule is COc1ccc(C)cc1S(=O)(=O)CC(N)C(C)(C)C. The van der Waals surface area contributed by atoms with E-state index in [-0.39, 0.29) is 16.1 Å². The van der Waals surface area contributed by atoms with Gasteiger partial charge in [0, 0.05) is 6.04 Å². The van der Waals surface area contributed by atoms with Crippen LogP contribution in [0.2, 0.25) is 0 Å².